The van der Waals surface area contributed by atoms with E-state index in [-0.39, 0.29) is 23.1 Å². The number of carbonyl (C=O) groups is 2. The van der Waals surface area contributed by atoms with Gasteiger partial charge < -0.3 is 10.2 Å². The van der Waals surface area contributed by atoms with E-state index in [4.69, 9.17) is 11.6 Å². The van der Waals surface area contributed by atoms with Gasteiger partial charge in [-0.2, -0.15) is 0 Å². The fraction of sp³-hybridized carbons (Fsp3) is 0.579. The number of nitrogens with zero attached hydrogens (tertiary/aromatic N) is 1. The third-order valence-corrected chi connectivity index (χ3v) is 5.03. The van der Waals surface area contributed by atoms with E-state index in [0.717, 1.165) is 24.9 Å². The lowest BCUT2D eigenvalue weighted by Gasteiger charge is -2.33. The molecular weight excluding hydrogens is 324 g/mol. The molecule has 4 nitrogen and oxygen atoms in total. The van der Waals surface area contributed by atoms with E-state index in [1.807, 2.05) is 36.1 Å². The molecule has 1 fully saturated rings. The molecule has 1 saturated heterocycles. The largest absolute Gasteiger partial charge is 0.355 e. The lowest BCUT2D eigenvalue weighted by atomic mass is 9.84. The van der Waals surface area contributed by atoms with Crippen LogP contribution >= 0.6 is 11.6 Å². The van der Waals surface area contributed by atoms with Crippen LogP contribution in [0.1, 0.15) is 45.6 Å². The van der Waals surface area contributed by atoms with E-state index in [1.54, 1.807) is 0 Å². The molecule has 1 atom stereocenters. The number of amides is 2. The molecule has 1 aliphatic rings. The Hall–Kier alpha value is -1.55. The minimum atomic E-state index is -0.173. The van der Waals surface area contributed by atoms with Crippen LogP contribution in [0.25, 0.3) is 0 Å². The summed E-state index contributed by atoms with van der Waals surface area (Å²) in [5.74, 6) is 0.0786. The molecule has 0 aromatic heterocycles. The summed E-state index contributed by atoms with van der Waals surface area (Å²) in [4.78, 5) is 26.2. The topological polar surface area (TPSA) is 49.4 Å². The first-order valence-corrected chi connectivity index (χ1v) is 9.03. The van der Waals surface area contributed by atoms with Crippen molar-refractivity contribution in [1.82, 2.24) is 10.2 Å². The number of carbonyl (C=O) groups excluding carboxylic acids is 2. The Kier molecular flexibility index (Phi) is 6.27. The molecule has 0 spiro atoms. The molecule has 2 amide bonds. The molecule has 1 aliphatic heterocycles. The Morgan fingerprint density at radius 3 is 2.58 bits per heavy atom. The number of rotatable bonds is 5. The highest BCUT2D eigenvalue weighted by Crippen LogP contribution is 2.24. The highest BCUT2D eigenvalue weighted by Gasteiger charge is 2.29. The van der Waals surface area contributed by atoms with Crippen molar-refractivity contribution in [2.24, 2.45) is 5.92 Å². The van der Waals surface area contributed by atoms with Crippen molar-refractivity contribution >= 4 is 23.4 Å². The maximum atomic E-state index is 12.5. The number of benzene rings is 1. The molecule has 0 radical (unpaired) electrons. The molecular formula is C19H27ClN2O2. The third kappa shape index (κ3) is 4.73. The lowest BCUT2D eigenvalue weighted by molar-refractivity contribution is -0.135. The molecule has 2 rings (SSSR count). The molecule has 1 N–H and O–H groups in total. The Morgan fingerprint density at radius 1 is 1.29 bits per heavy atom. The van der Waals surface area contributed by atoms with Gasteiger partial charge in [0.1, 0.15) is 0 Å². The van der Waals surface area contributed by atoms with Gasteiger partial charge in [0.05, 0.1) is 5.92 Å². The Labute approximate surface area is 149 Å². The maximum absolute atomic E-state index is 12.5. The summed E-state index contributed by atoms with van der Waals surface area (Å²) in [5.41, 5.74) is 0.965. The van der Waals surface area contributed by atoms with E-state index in [2.05, 4.69) is 19.2 Å². The number of hydrogen-bond donors (Lipinski definition) is 1. The summed E-state index contributed by atoms with van der Waals surface area (Å²) in [6.45, 7) is 7.94. The number of hydrogen-bond acceptors (Lipinski definition) is 2. The van der Waals surface area contributed by atoms with E-state index in [9.17, 15) is 9.59 Å². The van der Waals surface area contributed by atoms with Crippen LogP contribution in [-0.4, -0.2) is 36.3 Å². The van der Waals surface area contributed by atoms with Gasteiger partial charge in [-0.05, 0) is 30.5 Å². The van der Waals surface area contributed by atoms with Crippen molar-refractivity contribution in [1.29, 1.82) is 0 Å². The number of nitrogens with one attached hydrogen (secondary N) is 1. The van der Waals surface area contributed by atoms with Crippen molar-refractivity contribution in [2.45, 2.75) is 45.4 Å². The van der Waals surface area contributed by atoms with Gasteiger partial charge in [0.25, 0.3) is 0 Å². The first kappa shape index (κ1) is 18.8. The summed E-state index contributed by atoms with van der Waals surface area (Å²) in [6, 6.07) is 7.74. The van der Waals surface area contributed by atoms with Gasteiger partial charge in [0.2, 0.25) is 11.8 Å². The molecule has 1 aromatic rings. The third-order valence-electron chi connectivity index (χ3n) is 4.78. The second-order valence-electron chi connectivity index (χ2n) is 7.14. The van der Waals surface area contributed by atoms with Crippen molar-refractivity contribution in [3.05, 3.63) is 34.9 Å². The minimum absolute atomic E-state index is 0.0469. The second-order valence-corrected chi connectivity index (χ2v) is 7.58. The van der Waals surface area contributed by atoms with E-state index >= 15 is 0 Å². The van der Waals surface area contributed by atoms with Crippen LogP contribution in [0, 0.1) is 5.92 Å². The van der Waals surface area contributed by atoms with Crippen molar-refractivity contribution in [3.8, 4) is 0 Å². The van der Waals surface area contributed by atoms with Gasteiger partial charge in [-0.25, -0.2) is 0 Å². The predicted octanol–water partition coefficient (Wildman–Crippen LogP) is 3.38. The monoisotopic (exact) mass is 350 g/mol. The summed E-state index contributed by atoms with van der Waals surface area (Å²) >= 11 is 5.94. The second kappa shape index (κ2) is 8.02. The molecule has 24 heavy (non-hydrogen) atoms. The first-order valence-electron chi connectivity index (χ1n) is 8.65. The highest BCUT2D eigenvalue weighted by molar-refractivity contribution is 6.30. The summed E-state index contributed by atoms with van der Waals surface area (Å²) < 4.78 is 0. The molecule has 1 aromatic carbocycles. The molecule has 132 valence electrons. The molecule has 5 heteroatoms. The lowest BCUT2D eigenvalue weighted by Crippen LogP contribution is -2.47. The van der Waals surface area contributed by atoms with Gasteiger partial charge in [0, 0.05) is 36.5 Å². The van der Waals surface area contributed by atoms with Gasteiger partial charge >= 0.3 is 0 Å². The zero-order chi connectivity index (χ0) is 17.7. The van der Waals surface area contributed by atoms with Crippen LogP contribution in [0.15, 0.2) is 24.3 Å². The van der Waals surface area contributed by atoms with Crippen LogP contribution in [-0.2, 0) is 15.0 Å². The van der Waals surface area contributed by atoms with Crippen LogP contribution < -0.4 is 5.32 Å². The predicted molar refractivity (Wildman–Crippen MR) is 97.1 cm³/mol. The zero-order valence-corrected chi connectivity index (χ0v) is 15.5. The smallest absolute Gasteiger partial charge is 0.224 e. The van der Waals surface area contributed by atoms with Crippen LogP contribution in [0.3, 0.4) is 0 Å². The molecule has 0 bridgehead atoms. The van der Waals surface area contributed by atoms with Gasteiger partial charge in [-0.1, -0.05) is 44.5 Å². The quantitative estimate of drug-likeness (QED) is 0.885. The Morgan fingerprint density at radius 2 is 1.96 bits per heavy atom. The summed E-state index contributed by atoms with van der Waals surface area (Å²) in [6.07, 6.45) is 2.24. The average Bonchev–Trinajstić information content (AvgIpc) is 2.59. The Balaban J connectivity index is 1.92. The van der Waals surface area contributed by atoms with Crippen molar-refractivity contribution < 1.29 is 9.59 Å². The first-order chi connectivity index (χ1) is 11.3. The summed E-state index contributed by atoms with van der Waals surface area (Å²) in [5, 5.41) is 3.78. The maximum Gasteiger partial charge on any atom is 0.224 e. The van der Waals surface area contributed by atoms with Crippen molar-refractivity contribution in [3.63, 3.8) is 0 Å². The van der Waals surface area contributed by atoms with Gasteiger partial charge in [-0.15, -0.1) is 0 Å². The normalized spacial score (nSPS) is 18.3. The molecule has 0 aliphatic carbocycles. The fourth-order valence-corrected chi connectivity index (χ4v) is 3.22. The van der Waals surface area contributed by atoms with Crippen LogP contribution in [0.2, 0.25) is 5.02 Å². The summed E-state index contributed by atoms with van der Waals surface area (Å²) in [7, 11) is 0. The van der Waals surface area contributed by atoms with E-state index in [0.29, 0.717) is 24.5 Å². The van der Waals surface area contributed by atoms with Crippen LogP contribution in [0.5, 0.6) is 0 Å². The van der Waals surface area contributed by atoms with Gasteiger partial charge in [0.15, 0.2) is 0 Å². The molecule has 1 unspecified atom stereocenters. The molecule has 1 heterocycles. The van der Waals surface area contributed by atoms with E-state index in [1.165, 1.54) is 0 Å². The van der Waals surface area contributed by atoms with Crippen LogP contribution in [0.4, 0.5) is 0 Å². The fourth-order valence-electron chi connectivity index (χ4n) is 3.10. The number of halogens is 1. The number of piperidine rings is 1. The highest BCUT2D eigenvalue weighted by atomic mass is 35.5. The van der Waals surface area contributed by atoms with Gasteiger partial charge in [-0.3, -0.25) is 9.59 Å². The van der Waals surface area contributed by atoms with E-state index < -0.39 is 0 Å². The standard InChI is InChI=1S/C19H27ClN2O2/c1-4-17(23)22-11-5-6-14(12-22)18(24)21-13-19(2,3)15-7-9-16(20)10-8-15/h7-10,14H,4-6,11-13H2,1-3H3,(H,21,24). The Bertz CT molecular complexity index is 584. The average molecular weight is 351 g/mol. The zero-order valence-electron chi connectivity index (χ0n) is 14.8. The number of likely N-dealkylation sites (tertiary alicyclic amines) is 1. The van der Waals surface area contributed by atoms with Crippen molar-refractivity contribution in [2.75, 3.05) is 19.6 Å². The minimum Gasteiger partial charge on any atom is -0.355 e. The molecule has 0 saturated carbocycles. The SMILES string of the molecule is CCC(=O)N1CCCC(C(=O)NCC(C)(C)c2ccc(Cl)cc2)C1.